The summed E-state index contributed by atoms with van der Waals surface area (Å²) < 4.78 is 12.1. The molecule has 0 saturated heterocycles. The Bertz CT molecular complexity index is 1410. The summed E-state index contributed by atoms with van der Waals surface area (Å²) in [6, 6.07) is 18.4. The second-order valence-electron chi connectivity index (χ2n) is 11.2. The maximum absolute atomic E-state index is 13.5. The van der Waals surface area contributed by atoms with Gasteiger partial charge in [0.2, 0.25) is 0 Å². The Labute approximate surface area is 239 Å². The van der Waals surface area contributed by atoms with Crippen molar-refractivity contribution in [2.75, 3.05) is 13.2 Å². The third-order valence-electron chi connectivity index (χ3n) is 7.17. The number of hydrogen-bond donors (Lipinski definition) is 1. The van der Waals surface area contributed by atoms with E-state index in [4.69, 9.17) is 26.2 Å². The van der Waals surface area contributed by atoms with Gasteiger partial charge in [-0.1, -0.05) is 54.1 Å². The smallest absolute Gasteiger partial charge is 0.407 e. The van der Waals surface area contributed by atoms with Crippen LogP contribution < -0.4 is 10.9 Å². The Morgan fingerprint density at radius 3 is 2.40 bits per heavy atom. The van der Waals surface area contributed by atoms with E-state index in [0.29, 0.717) is 42.9 Å². The van der Waals surface area contributed by atoms with Crippen molar-refractivity contribution in [1.29, 1.82) is 0 Å². The number of esters is 1. The van der Waals surface area contributed by atoms with Gasteiger partial charge in [0.05, 0.1) is 18.3 Å². The molecule has 0 bridgehead atoms. The lowest BCUT2D eigenvalue weighted by Crippen LogP contribution is -2.46. The number of carbonyl (C=O) groups is 2. The molecule has 0 aliphatic heterocycles. The molecule has 1 amide bonds. The molecule has 40 heavy (non-hydrogen) atoms. The molecule has 1 aliphatic rings. The molecule has 9 heteroatoms. The highest BCUT2D eigenvalue weighted by atomic mass is 35.5. The molecule has 8 nitrogen and oxygen atoms in total. The van der Waals surface area contributed by atoms with Gasteiger partial charge in [0.15, 0.2) is 0 Å². The van der Waals surface area contributed by atoms with Crippen molar-refractivity contribution in [3.05, 3.63) is 87.2 Å². The Hall–Kier alpha value is -3.65. The molecule has 3 aromatic rings. The van der Waals surface area contributed by atoms with Gasteiger partial charge in [-0.05, 0) is 77.1 Å². The number of carbonyl (C=O) groups excluding carboxylic acids is 2. The van der Waals surface area contributed by atoms with Gasteiger partial charge in [-0.15, -0.1) is 0 Å². The molecule has 1 aromatic heterocycles. The minimum absolute atomic E-state index is 0.0334. The Morgan fingerprint density at radius 2 is 1.77 bits per heavy atom. The van der Waals surface area contributed by atoms with Crippen LogP contribution in [-0.2, 0) is 14.9 Å². The van der Waals surface area contributed by atoms with Gasteiger partial charge >= 0.3 is 12.1 Å². The molecule has 212 valence electrons. The van der Waals surface area contributed by atoms with E-state index in [1.807, 2.05) is 75.4 Å². The molecule has 1 fully saturated rings. The van der Waals surface area contributed by atoms with E-state index in [0.717, 1.165) is 11.1 Å². The highest BCUT2D eigenvalue weighted by molar-refractivity contribution is 6.30. The monoisotopic (exact) mass is 565 g/mol. The predicted molar refractivity (Wildman–Crippen MR) is 155 cm³/mol. The van der Waals surface area contributed by atoms with Crippen LogP contribution in [0.3, 0.4) is 0 Å². The quantitative estimate of drug-likeness (QED) is 0.337. The Morgan fingerprint density at radius 1 is 1.07 bits per heavy atom. The third kappa shape index (κ3) is 6.91. The van der Waals surface area contributed by atoms with E-state index >= 15 is 0 Å². The van der Waals surface area contributed by atoms with Crippen LogP contribution >= 0.6 is 11.6 Å². The van der Waals surface area contributed by atoms with E-state index in [2.05, 4.69) is 5.32 Å². The first-order chi connectivity index (χ1) is 19.0. The summed E-state index contributed by atoms with van der Waals surface area (Å²) in [7, 11) is 0. The Kier molecular flexibility index (Phi) is 8.98. The number of aromatic nitrogens is 2. The molecular weight excluding hydrogens is 530 g/mol. The summed E-state index contributed by atoms with van der Waals surface area (Å²) in [6.07, 6.45) is 2.05. The minimum atomic E-state index is -0.661. The third-order valence-corrected chi connectivity index (χ3v) is 7.40. The van der Waals surface area contributed by atoms with E-state index < -0.39 is 28.6 Å². The van der Waals surface area contributed by atoms with Crippen molar-refractivity contribution in [1.82, 2.24) is 15.1 Å². The normalized spacial score (nSPS) is 19.1. The first kappa shape index (κ1) is 29.3. The van der Waals surface area contributed by atoms with Gasteiger partial charge in [0.1, 0.15) is 11.2 Å². The molecule has 0 spiro atoms. The van der Waals surface area contributed by atoms with Gasteiger partial charge in [-0.25, -0.2) is 14.3 Å². The highest BCUT2D eigenvalue weighted by Crippen LogP contribution is 2.43. The maximum Gasteiger partial charge on any atom is 0.407 e. The van der Waals surface area contributed by atoms with Crippen LogP contribution in [-0.4, -0.2) is 40.6 Å². The fourth-order valence-electron chi connectivity index (χ4n) is 5.21. The molecule has 4 rings (SSSR count). The topological polar surface area (TPSA) is 99.5 Å². The standard InChI is InChI=1S/C31H36ClN3O5/c1-5-39-28(37)25-19-26(21-10-7-6-8-11-21)34-35(27(25)36)24-14-16-31(17-15-24,22-12-9-13-23(32)18-22)20-33-29(38)40-30(2,3)4/h6-13,18-19,24H,5,14-17,20H2,1-4H3,(H,33,38)/t24-,31+. The second-order valence-corrected chi connectivity index (χ2v) is 11.6. The number of alkyl carbamates (subject to hydrolysis) is 1. The van der Waals surface area contributed by atoms with Crippen LogP contribution in [0.4, 0.5) is 4.79 Å². The van der Waals surface area contributed by atoms with Crippen molar-refractivity contribution in [2.45, 2.75) is 70.4 Å². The summed E-state index contributed by atoms with van der Waals surface area (Å²) in [6.45, 7) is 7.70. The van der Waals surface area contributed by atoms with E-state index in [9.17, 15) is 14.4 Å². The number of nitrogens with one attached hydrogen (secondary N) is 1. The minimum Gasteiger partial charge on any atom is -0.462 e. The Balaban J connectivity index is 1.65. The number of ether oxygens (including phenoxy) is 2. The van der Waals surface area contributed by atoms with Gasteiger partial charge < -0.3 is 14.8 Å². The summed E-state index contributed by atoms with van der Waals surface area (Å²) in [5, 5.41) is 8.27. The maximum atomic E-state index is 13.5. The molecule has 0 unspecified atom stereocenters. The zero-order valence-electron chi connectivity index (χ0n) is 23.4. The van der Waals surface area contributed by atoms with E-state index in [1.54, 1.807) is 6.92 Å². The summed E-state index contributed by atoms with van der Waals surface area (Å²) in [4.78, 5) is 38.8. The number of nitrogens with zero attached hydrogens (tertiary/aromatic N) is 2. The first-order valence-electron chi connectivity index (χ1n) is 13.6. The van der Waals surface area contributed by atoms with Crippen LogP contribution in [0.5, 0.6) is 0 Å². The summed E-state index contributed by atoms with van der Waals surface area (Å²) in [5.41, 5.74) is 0.814. The van der Waals surface area contributed by atoms with Crippen molar-refractivity contribution < 1.29 is 19.1 Å². The molecule has 1 N–H and O–H groups in total. The lowest BCUT2D eigenvalue weighted by molar-refractivity contribution is 0.0502. The number of halogens is 1. The van der Waals surface area contributed by atoms with Crippen LogP contribution in [0.1, 0.15) is 75.3 Å². The molecule has 0 radical (unpaired) electrons. The summed E-state index contributed by atoms with van der Waals surface area (Å²) in [5.74, 6) is -0.661. The van der Waals surface area contributed by atoms with Crippen LogP contribution in [0.15, 0.2) is 65.5 Å². The van der Waals surface area contributed by atoms with E-state index in [1.165, 1.54) is 10.7 Å². The first-order valence-corrected chi connectivity index (χ1v) is 14.0. The number of benzene rings is 2. The molecule has 2 aromatic carbocycles. The molecule has 1 heterocycles. The number of amides is 1. The predicted octanol–water partition coefficient (Wildman–Crippen LogP) is 6.32. The molecule has 1 saturated carbocycles. The average Bonchev–Trinajstić information content (AvgIpc) is 2.92. The largest absolute Gasteiger partial charge is 0.462 e. The van der Waals surface area contributed by atoms with Crippen LogP contribution in [0.2, 0.25) is 5.02 Å². The van der Waals surface area contributed by atoms with Gasteiger partial charge in [0.25, 0.3) is 5.56 Å². The zero-order chi connectivity index (χ0) is 28.9. The average molecular weight is 566 g/mol. The summed E-state index contributed by atoms with van der Waals surface area (Å²) >= 11 is 6.36. The number of hydrogen-bond acceptors (Lipinski definition) is 6. The molecule has 1 aliphatic carbocycles. The fraction of sp³-hybridized carbons (Fsp3) is 0.419. The molecular formula is C31H36ClN3O5. The van der Waals surface area contributed by atoms with Crippen LogP contribution in [0.25, 0.3) is 11.3 Å². The molecule has 0 atom stereocenters. The SMILES string of the molecule is CCOC(=O)c1cc(-c2ccccc2)nn([C@H]2CC[C@@](CNC(=O)OC(C)(C)C)(c3cccc(Cl)c3)CC2)c1=O. The van der Waals surface area contributed by atoms with Crippen molar-refractivity contribution in [3.8, 4) is 11.3 Å². The lowest BCUT2D eigenvalue weighted by Gasteiger charge is -2.41. The van der Waals surface area contributed by atoms with E-state index in [-0.39, 0.29) is 18.2 Å². The van der Waals surface area contributed by atoms with Crippen molar-refractivity contribution in [3.63, 3.8) is 0 Å². The highest BCUT2D eigenvalue weighted by Gasteiger charge is 2.39. The van der Waals surface area contributed by atoms with Crippen molar-refractivity contribution >= 4 is 23.7 Å². The van der Waals surface area contributed by atoms with Gasteiger partial charge in [-0.2, -0.15) is 5.10 Å². The second kappa shape index (κ2) is 12.3. The van der Waals surface area contributed by atoms with Gasteiger partial charge in [-0.3, -0.25) is 4.79 Å². The van der Waals surface area contributed by atoms with Gasteiger partial charge in [0, 0.05) is 22.5 Å². The zero-order valence-corrected chi connectivity index (χ0v) is 24.2. The lowest BCUT2D eigenvalue weighted by atomic mass is 9.68. The number of rotatable bonds is 7. The van der Waals surface area contributed by atoms with Crippen LogP contribution in [0, 0.1) is 0 Å². The fourth-order valence-corrected chi connectivity index (χ4v) is 5.40. The van der Waals surface area contributed by atoms with Crippen molar-refractivity contribution in [2.24, 2.45) is 0 Å².